The Balaban J connectivity index is 1.58. The molecule has 0 atom stereocenters. The van der Waals surface area contributed by atoms with Gasteiger partial charge in [-0.15, -0.1) is 0 Å². The molecule has 0 aromatic carbocycles. The summed E-state index contributed by atoms with van der Waals surface area (Å²) >= 11 is 0. The van der Waals surface area contributed by atoms with Gasteiger partial charge < -0.3 is 15.2 Å². The molecule has 1 aromatic rings. The first-order chi connectivity index (χ1) is 9.38. The molecule has 0 spiro atoms. The summed E-state index contributed by atoms with van der Waals surface area (Å²) in [5, 5.41) is 12.1. The molecule has 1 heterocycles. The predicted octanol–water partition coefficient (Wildman–Crippen LogP) is 2.27. The summed E-state index contributed by atoms with van der Waals surface area (Å²) in [5.74, 6) is 0.845. The van der Waals surface area contributed by atoms with Gasteiger partial charge in [-0.1, -0.05) is 6.42 Å². The zero-order valence-corrected chi connectivity index (χ0v) is 11.5. The highest BCUT2D eigenvalue weighted by Crippen LogP contribution is 2.19. The molecule has 0 saturated heterocycles. The molecule has 1 aliphatic carbocycles. The minimum absolute atomic E-state index is 0.293. The second-order valence-corrected chi connectivity index (χ2v) is 5.13. The van der Waals surface area contributed by atoms with Crippen LogP contribution in [0.25, 0.3) is 0 Å². The van der Waals surface area contributed by atoms with Gasteiger partial charge in [-0.2, -0.15) is 0 Å². The Kier molecular flexibility index (Phi) is 6.11. The number of rotatable bonds is 10. The van der Waals surface area contributed by atoms with Gasteiger partial charge in [0.25, 0.3) is 0 Å². The first kappa shape index (κ1) is 14.3. The van der Waals surface area contributed by atoms with Crippen molar-refractivity contribution in [2.45, 2.75) is 51.1 Å². The van der Waals surface area contributed by atoms with Crippen molar-refractivity contribution in [1.82, 2.24) is 10.3 Å². The number of ether oxygens (including phenoxy) is 1. The molecule has 0 radical (unpaired) electrons. The van der Waals surface area contributed by atoms with Gasteiger partial charge in [0.15, 0.2) is 0 Å². The van der Waals surface area contributed by atoms with Gasteiger partial charge in [0.2, 0.25) is 0 Å². The smallest absolute Gasteiger partial charge is 0.137 e. The lowest BCUT2D eigenvalue weighted by atomic mass is 10.2. The van der Waals surface area contributed by atoms with E-state index in [1.54, 1.807) is 6.20 Å². The number of aliphatic hydroxyl groups excluding tert-OH is 1. The lowest BCUT2D eigenvalue weighted by Crippen LogP contribution is -2.16. The molecule has 19 heavy (non-hydrogen) atoms. The van der Waals surface area contributed by atoms with E-state index in [9.17, 15) is 0 Å². The number of aliphatic hydroxyl groups is 1. The second-order valence-electron chi connectivity index (χ2n) is 5.13. The Hall–Kier alpha value is -1.13. The van der Waals surface area contributed by atoms with Crippen LogP contribution in [0.4, 0.5) is 0 Å². The van der Waals surface area contributed by atoms with Crippen LogP contribution in [-0.2, 0) is 6.54 Å². The van der Waals surface area contributed by atoms with E-state index in [0.717, 1.165) is 56.3 Å². The fourth-order valence-corrected chi connectivity index (χ4v) is 1.89. The van der Waals surface area contributed by atoms with Gasteiger partial charge in [0.1, 0.15) is 5.75 Å². The van der Waals surface area contributed by atoms with Crippen molar-refractivity contribution >= 4 is 0 Å². The molecule has 2 rings (SSSR count). The van der Waals surface area contributed by atoms with Crippen molar-refractivity contribution in [3.05, 3.63) is 24.0 Å². The molecular formula is C15H24N2O2. The zero-order chi connectivity index (χ0) is 13.3. The van der Waals surface area contributed by atoms with Crippen LogP contribution >= 0.6 is 0 Å². The maximum atomic E-state index is 8.66. The van der Waals surface area contributed by atoms with Gasteiger partial charge in [-0.25, -0.2) is 0 Å². The van der Waals surface area contributed by atoms with Crippen LogP contribution in [-0.4, -0.2) is 29.3 Å². The van der Waals surface area contributed by atoms with Crippen LogP contribution in [0.15, 0.2) is 18.3 Å². The van der Waals surface area contributed by atoms with E-state index in [0.29, 0.717) is 6.61 Å². The number of pyridine rings is 1. The first-order valence-electron chi connectivity index (χ1n) is 7.30. The summed E-state index contributed by atoms with van der Waals surface area (Å²) in [6.07, 6.45) is 8.52. The van der Waals surface area contributed by atoms with Crippen molar-refractivity contribution in [1.29, 1.82) is 0 Å². The lowest BCUT2D eigenvalue weighted by molar-refractivity contribution is 0.273. The van der Waals surface area contributed by atoms with Crippen LogP contribution in [0.3, 0.4) is 0 Å². The minimum atomic E-state index is 0.293. The molecule has 4 heteroatoms. The molecule has 1 aromatic heterocycles. The Morgan fingerprint density at radius 2 is 2.05 bits per heavy atom. The Bertz CT molecular complexity index is 350. The summed E-state index contributed by atoms with van der Waals surface area (Å²) in [6, 6.07) is 4.73. The Morgan fingerprint density at radius 3 is 2.74 bits per heavy atom. The standard InChI is InChI=1S/C15H24N2O2/c18-9-3-1-2-4-10-19-15-8-7-14(17-12-15)11-16-13-5-6-13/h7-8,12-13,16,18H,1-6,9-11H2. The number of nitrogens with one attached hydrogen (secondary N) is 1. The number of unbranched alkanes of at least 4 members (excludes halogenated alkanes) is 3. The van der Waals surface area contributed by atoms with E-state index in [1.807, 2.05) is 12.1 Å². The molecule has 2 N–H and O–H groups in total. The van der Waals surface area contributed by atoms with Gasteiger partial charge in [0.05, 0.1) is 18.5 Å². The monoisotopic (exact) mass is 264 g/mol. The average molecular weight is 264 g/mol. The first-order valence-corrected chi connectivity index (χ1v) is 7.30. The second kappa shape index (κ2) is 8.12. The van der Waals surface area contributed by atoms with Crippen molar-refractivity contribution < 1.29 is 9.84 Å². The topological polar surface area (TPSA) is 54.4 Å². The van der Waals surface area contributed by atoms with Crippen LogP contribution in [0.1, 0.15) is 44.2 Å². The largest absolute Gasteiger partial charge is 0.492 e. The van der Waals surface area contributed by atoms with E-state index in [1.165, 1.54) is 12.8 Å². The molecule has 0 bridgehead atoms. The Morgan fingerprint density at radius 1 is 1.21 bits per heavy atom. The Labute approximate surface area is 115 Å². The fraction of sp³-hybridized carbons (Fsp3) is 0.667. The molecule has 0 unspecified atom stereocenters. The van der Waals surface area contributed by atoms with Crippen LogP contribution in [0.2, 0.25) is 0 Å². The van der Waals surface area contributed by atoms with Crippen LogP contribution in [0.5, 0.6) is 5.75 Å². The van der Waals surface area contributed by atoms with Gasteiger partial charge in [-0.05, 0) is 44.2 Å². The lowest BCUT2D eigenvalue weighted by Gasteiger charge is -2.07. The number of nitrogens with zero attached hydrogens (tertiary/aromatic N) is 1. The highest BCUT2D eigenvalue weighted by atomic mass is 16.5. The van der Waals surface area contributed by atoms with E-state index in [2.05, 4.69) is 10.3 Å². The van der Waals surface area contributed by atoms with Crippen molar-refractivity contribution in [2.24, 2.45) is 0 Å². The minimum Gasteiger partial charge on any atom is -0.492 e. The molecule has 0 amide bonds. The maximum Gasteiger partial charge on any atom is 0.137 e. The average Bonchev–Trinajstić information content (AvgIpc) is 3.26. The third-order valence-corrected chi connectivity index (χ3v) is 3.27. The van der Waals surface area contributed by atoms with Gasteiger partial charge >= 0.3 is 0 Å². The van der Waals surface area contributed by atoms with Crippen molar-refractivity contribution in [3.63, 3.8) is 0 Å². The predicted molar refractivity (Wildman–Crippen MR) is 75.1 cm³/mol. The maximum absolute atomic E-state index is 8.66. The van der Waals surface area contributed by atoms with Gasteiger partial charge in [0, 0.05) is 19.2 Å². The fourth-order valence-electron chi connectivity index (χ4n) is 1.89. The zero-order valence-electron chi connectivity index (χ0n) is 11.5. The summed E-state index contributed by atoms with van der Waals surface area (Å²) in [6.45, 7) is 1.88. The van der Waals surface area contributed by atoms with E-state index in [-0.39, 0.29) is 0 Å². The van der Waals surface area contributed by atoms with Gasteiger partial charge in [-0.3, -0.25) is 4.98 Å². The molecular weight excluding hydrogens is 240 g/mol. The molecule has 1 aliphatic rings. The molecule has 1 fully saturated rings. The van der Waals surface area contributed by atoms with Crippen LogP contribution in [0, 0.1) is 0 Å². The molecule has 106 valence electrons. The summed E-state index contributed by atoms with van der Waals surface area (Å²) in [7, 11) is 0. The van der Waals surface area contributed by atoms with Crippen molar-refractivity contribution in [2.75, 3.05) is 13.2 Å². The summed E-state index contributed by atoms with van der Waals surface area (Å²) in [4.78, 5) is 4.39. The van der Waals surface area contributed by atoms with E-state index < -0.39 is 0 Å². The highest BCUT2D eigenvalue weighted by molar-refractivity contribution is 5.19. The van der Waals surface area contributed by atoms with Crippen LogP contribution < -0.4 is 10.1 Å². The quantitative estimate of drug-likeness (QED) is 0.637. The highest BCUT2D eigenvalue weighted by Gasteiger charge is 2.19. The number of hydrogen-bond acceptors (Lipinski definition) is 4. The van der Waals surface area contributed by atoms with E-state index in [4.69, 9.17) is 9.84 Å². The molecule has 1 saturated carbocycles. The summed E-state index contributed by atoms with van der Waals surface area (Å²) < 4.78 is 5.63. The van der Waals surface area contributed by atoms with E-state index >= 15 is 0 Å². The van der Waals surface area contributed by atoms with Crippen molar-refractivity contribution in [3.8, 4) is 5.75 Å². The summed E-state index contributed by atoms with van der Waals surface area (Å²) in [5.41, 5.74) is 1.07. The third-order valence-electron chi connectivity index (χ3n) is 3.27. The molecule has 4 nitrogen and oxygen atoms in total. The third kappa shape index (κ3) is 6.03. The SMILES string of the molecule is OCCCCCCOc1ccc(CNC2CC2)nc1. The number of aromatic nitrogens is 1. The molecule has 0 aliphatic heterocycles. The number of hydrogen-bond donors (Lipinski definition) is 2. The normalized spacial score (nSPS) is 14.6.